The monoisotopic (exact) mass is 332 g/mol. The van der Waals surface area contributed by atoms with E-state index in [1.807, 2.05) is 0 Å². The Morgan fingerprint density at radius 1 is 1.52 bits per heavy atom. The molecule has 3 rings (SSSR count). The smallest absolute Gasteiger partial charge is 0.361 e. The van der Waals surface area contributed by atoms with Gasteiger partial charge in [0.05, 0.1) is 18.2 Å². The molecule has 0 bridgehead atoms. The van der Waals surface area contributed by atoms with Crippen molar-refractivity contribution in [1.82, 2.24) is 15.5 Å². The maximum absolute atomic E-state index is 12.6. The molecule has 2 aliphatic heterocycles. The average molecular weight is 332 g/mol. The number of alkyl halides is 3. The summed E-state index contributed by atoms with van der Waals surface area (Å²) in [7, 11) is 0. The standard InChI is InChI=1S/C13H15F3N4O3/c1-7-5-8(22-18-7)6-10(21)20-4-2-3-9(20)11-17-12(23-19-11)13(14,15)16/h5,9,12H,2-4,6H2,1H3,(H,17,19). The van der Waals surface area contributed by atoms with Crippen LogP contribution >= 0.6 is 0 Å². The molecule has 0 aliphatic carbocycles. The van der Waals surface area contributed by atoms with E-state index >= 15 is 0 Å². The average Bonchev–Trinajstić information content (AvgIpc) is 3.15. The lowest BCUT2D eigenvalue weighted by atomic mass is 10.2. The zero-order chi connectivity index (χ0) is 16.6. The van der Waals surface area contributed by atoms with Gasteiger partial charge in [-0.3, -0.25) is 4.79 Å². The highest BCUT2D eigenvalue weighted by molar-refractivity contribution is 5.92. The van der Waals surface area contributed by atoms with Crippen LogP contribution in [-0.4, -0.2) is 46.8 Å². The number of halogens is 3. The highest BCUT2D eigenvalue weighted by Crippen LogP contribution is 2.28. The lowest BCUT2D eigenvalue weighted by molar-refractivity contribution is -0.220. The minimum atomic E-state index is -4.58. The van der Waals surface area contributed by atoms with Crippen molar-refractivity contribution < 1.29 is 27.3 Å². The summed E-state index contributed by atoms with van der Waals surface area (Å²) in [6.45, 7) is 2.19. The van der Waals surface area contributed by atoms with Crippen LogP contribution in [-0.2, 0) is 16.1 Å². The molecule has 1 aromatic heterocycles. The Kier molecular flexibility index (Phi) is 4.00. The summed E-state index contributed by atoms with van der Waals surface area (Å²) in [6, 6.07) is 1.11. The van der Waals surface area contributed by atoms with Gasteiger partial charge in [0.1, 0.15) is 11.6 Å². The number of amidine groups is 1. The van der Waals surface area contributed by atoms with Gasteiger partial charge in [0.25, 0.3) is 6.23 Å². The maximum atomic E-state index is 12.6. The second kappa shape index (κ2) is 5.84. The Bertz CT molecular complexity index is 628. The van der Waals surface area contributed by atoms with Crippen LogP contribution in [0.15, 0.2) is 15.6 Å². The van der Waals surface area contributed by atoms with Crippen molar-refractivity contribution in [3.63, 3.8) is 0 Å². The number of carbonyl (C=O) groups excluding carboxylic acids is 1. The number of hydrogen-bond acceptors (Lipinski definition) is 6. The summed E-state index contributed by atoms with van der Waals surface area (Å²) in [5, 5.41) is 3.70. The maximum Gasteiger partial charge on any atom is 0.437 e. The molecule has 2 aliphatic rings. The quantitative estimate of drug-likeness (QED) is 0.903. The van der Waals surface area contributed by atoms with Crippen molar-refractivity contribution in [3.8, 4) is 0 Å². The molecule has 2 atom stereocenters. The highest BCUT2D eigenvalue weighted by Gasteiger charge is 2.46. The first kappa shape index (κ1) is 15.8. The molecule has 3 heterocycles. The summed E-state index contributed by atoms with van der Waals surface area (Å²) in [4.78, 5) is 21.8. The molecule has 10 heteroatoms. The van der Waals surface area contributed by atoms with Gasteiger partial charge < -0.3 is 9.42 Å². The molecule has 7 nitrogen and oxygen atoms in total. The molecule has 2 unspecified atom stereocenters. The SMILES string of the molecule is Cc1cc(CC(=O)N2CCCC2C2=NC(C(F)(F)F)ON2)on1. The number of hydroxylamine groups is 1. The van der Waals surface area contributed by atoms with Gasteiger partial charge in [-0.05, 0) is 19.8 Å². The van der Waals surface area contributed by atoms with Crippen LogP contribution in [0, 0.1) is 6.92 Å². The van der Waals surface area contributed by atoms with E-state index in [1.165, 1.54) is 4.90 Å². The number of aliphatic imine (C=N–C) groups is 1. The molecular formula is C13H15F3N4O3. The van der Waals surface area contributed by atoms with E-state index in [1.54, 1.807) is 13.0 Å². The van der Waals surface area contributed by atoms with Crippen molar-refractivity contribution >= 4 is 11.7 Å². The lowest BCUT2D eigenvalue weighted by Gasteiger charge is -2.23. The van der Waals surface area contributed by atoms with E-state index in [9.17, 15) is 18.0 Å². The predicted molar refractivity (Wildman–Crippen MR) is 71.2 cm³/mol. The van der Waals surface area contributed by atoms with Crippen LogP contribution in [0.2, 0.25) is 0 Å². The molecule has 1 fully saturated rings. The van der Waals surface area contributed by atoms with Crippen LogP contribution in [0.4, 0.5) is 13.2 Å². The van der Waals surface area contributed by atoms with Gasteiger partial charge in [-0.25, -0.2) is 15.3 Å². The minimum absolute atomic E-state index is 0.00811. The fourth-order valence-electron chi connectivity index (χ4n) is 2.69. The van der Waals surface area contributed by atoms with Crippen molar-refractivity contribution in [2.75, 3.05) is 6.54 Å². The Morgan fingerprint density at radius 2 is 2.30 bits per heavy atom. The first-order chi connectivity index (χ1) is 10.8. The molecule has 23 heavy (non-hydrogen) atoms. The summed E-state index contributed by atoms with van der Waals surface area (Å²) in [6.07, 6.45) is -5.59. The van der Waals surface area contributed by atoms with E-state index in [0.717, 1.165) is 0 Å². The van der Waals surface area contributed by atoms with Crippen molar-refractivity contribution in [2.24, 2.45) is 4.99 Å². The summed E-state index contributed by atoms with van der Waals surface area (Å²) < 4.78 is 42.8. The number of hydrogen-bond donors (Lipinski definition) is 1. The topological polar surface area (TPSA) is 80.0 Å². The van der Waals surface area contributed by atoms with Gasteiger partial charge in [0, 0.05) is 12.6 Å². The fraction of sp³-hybridized carbons (Fsp3) is 0.615. The number of aryl methyl sites for hydroxylation is 1. The molecular weight excluding hydrogens is 317 g/mol. The third kappa shape index (κ3) is 3.31. The molecule has 0 spiro atoms. The fourth-order valence-corrected chi connectivity index (χ4v) is 2.69. The van der Waals surface area contributed by atoms with E-state index in [2.05, 4.69) is 20.5 Å². The zero-order valence-corrected chi connectivity index (χ0v) is 12.3. The van der Waals surface area contributed by atoms with Crippen LogP contribution in [0.1, 0.15) is 24.3 Å². The van der Waals surface area contributed by atoms with Gasteiger partial charge in [-0.15, -0.1) is 0 Å². The van der Waals surface area contributed by atoms with Gasteiger partial charge in [0.2, 0.25) is 5.91 Å². The number of nitrogens with one attached hydrogen (secondary N) is 1. The molecule has 1 saturated heterocycles. The molecule has 0 radical (unpaired) electrons. The van der Waals surface area contributed by atoms with E-state index in [0.29, 0.717) is 30.8 Å². The first-order valence-corrected chi connectivity index (χ1v) is 7.12. The molecule has 1 N–H and O–H groups in total. The summed E-state index contributed by atoms with van der Waals surface area (Å²) in [5.41, 5.74) is 2.87. The van der Waals surface area contributed by atoms with Crippen LogP contribution in [0.5, 0.6) is 0 Å². The molecule has 1 amide bonds. The Morgan fingerprint density at radius 3 is 2.91 bits per heavy atom. The molecule has 126 valence electrons. The zero-order valence-electron chi connectivity index (χ0n) is 12.3. The van der Waals surface area contributed by atoms with Crippen LogP contribution in [0.25, 0.3) is 0 Å². The second-order valence-electron chi connectivity index (χ2n) is 5.48. The number of carbonyl (C=O) groups is 1. The molecule has 0 aromatic carbocycles. The van der Waals surface area contributed by atoms with Crippen molar-refractivity contribution in [3.05, 3.63) is 17.5 Å². The first-order valence-electron chi connectivity index (χ1n) is 7.12. The number of aromatic nitrogens is 1. The number of nitrogens with zero attached hydrogens (tertiary/aromatic N) is 3. The van der Waals surface area contributed by atoms with Gasteiger partial charge in [-0.2, -0.15) is 13.2 Å². The van der Waals surface area contributed by atoms with Gasteiger partial charge in [0.15, 0.2) is 0 Å². The number of amides is 1. The second-order valence-corrected chi connectivity index (χ2v) is 5.48. The van der Waals surface area contributed by atoms with Crippen LogP contribution in [0.3, 0.4) is 0 Å². The lowest BCUT2D eigenvalue weighted by Crippen LogP contribution is -2.44. The predicted octanol–water partition coefficient (Wildman–Crippen LogP) is 1.34. The Labute approximate surface area is 129 Å². The normalized spacial score (nSPS) is 24.7. The highest BCUT2D eigenvalue weighted by atomic mass is 19.4. The largest absolute Gasteiger partial charge is 0.437 e. The number of likely N-dealkylation sites (tertiary alicyclic amines) is 1. The van der Waals surface area contributed by atoms with Crippen LogP contribution < -0.4 is 5.48 Å². The van der Waals surface area contributed by atoms with Gasteiger partial charge >= 0.3 is 6.18 Å². The minimum Gasteiger partial charge on any atom is -0.361 e. The number of rotatable bonds is 3. The van der Waals surface area contributed by atoms with Gasteiger partial charge in [-0.1, -0.05) is 5.16 Å². The molecule has 0 saturated carbocycles. The Balaban J connectivity index is 1.69. The summed E-state index contributed by atoms with van der Waals surface area (Å²) in [5.74, 6) is 0.208. The van der Waals surface area contributed by atoms with E-state index in [-0.39, 0.29) is 18.2 Å². The van der Waals surface area contributed by atoms with E-state index in [4.69, 9.17) is 4.52 Å². The van der Waals surface area contributed by atoms with Crippen molar-refractivity contribution in [2.45, 2.75) is 44.6 Å². The van der Waals surface area contributed by atoms with Crippen molar-refractivity contribution in [1.29, 1.82) is 0 Å². The third-order valence-corrected chi connectivity index (χ3v) is 3.70. The Hall–Kier alpha value is -2.10. The molecule has 1 aromatic rings. The summed E-state index contributed by atoms with van der Waals surface area (Å²) >= 11 is 0. The third-order valence-electron chi connectivity index (χ3n) is 3.70. The van der Waals surface area contributed by atoms with E-state index < -0.39 is 18.4 Å².